The normalized spacial score (nSPS) is 16.7. The number of hydrogen-bond acceptors (Lipinski definition) is 3. The van der Waals surface area contributed by atoms with Crippen LogP contribution in [-0.2, 0) is 14.8 Å². The first kappa shape index (κ1) is 16.7. The highest BCUT2D eigenvalue weighted by molar-refractivity contribution is 9.10. The van der Waals surface area contributed by atoms with E-state index in [1.165, 1.54) is 18.3 Å². The second-order valence-corrected chi connectivity index (χ2v) is 8.11. The number of carboxylic acids is 1. The standard InChI is InChI=1S/C17H14BrNO4S/c18-13-5-7-14(8-6-13)24(22,23)19-10-9-12-3-1-2-4-15(12)16(19)11-17(20)21/h1-10,16H,11H2,(H,20,21). The molecule has 0 aliphatic carbocycles. The van der Waals surface area contributed by atoms with Crippen LogP contribution in [0.2, 0.25) is 0 Å². The predicted molar refractivity (Wildman–Crippen MR) is 93.6 cm³/mol. The molecule has 0 amide bonds. The molecule has 0 aromatic heterocycles. The third kappa shape index (κ3) is 3.09. The molecule has 1 N–H and O–H groups in total. The van der Waals surface area contributed by atoms with Gasteiger partial charge in [-0.15, -0.1) is 0 Å². The number of aliphatic carboxylic acids is 1. The van der Waals surface area contributed by atoms with Gasteiger partial charge in [0.2, 0.25) is 0 Å². The molecule has 0 spiro atoms. The number of hydrogen-bond donors (Lipinski definition) is 1. The van der Waals surface area contributed by atoms with Gasteiger partial charge in [-0.05, 0) is 41.5 Å². The van der Waals surface area contributed by atoms with Crippen LogP contribution in [0.4, 0.5) is 0 Å². The Labute approximate surface area is 148 Å². The topological polar surface area (TPSA) is 74.7 Å². The van der Waals surface area contributed by atoms with Gasteiger partial charge in [-0.25, -0.2) is 8.42 Å². The fourth-order valence-corrected chi connectivity index (χ4v) is 4.43. The van der Waals surface area contributed by atoms with Gasteiger partial charge in [-0.1, -0.05) is 40.2 Å². The van der Waals surface area contributed by atoms with Crippen molar-refractivity contribution in [1.82, 2.24) is 4.31 Å². The third-order valence-corrected chi connectivity index (χ3v) is 6.15. The van der Waals surface area contributed by atoms with Gasteiger partial charge in [-0.2, -0.15) is 0 Å². The molecule has 1 heterocycles. The number of halogens is 1. The summed E-state index contributed by atoms with van der Waals surface area (Å²) in [6.45, 7) is 0. The Bertz CT molecular complexity index is 906. The minimum Gasteiger partial charge on any atom is -0.481 e. The van der Waals surface area contributed by atoms with Crippen molar-refractivity contribution >= 4 is 38.0 Å². The number of sulfonamides is 1. The maximum absolute atomic E-state index is 13.0. The Kier molecular flexibility index (Phi) is 4.47. The first-order chi connectivity index (χ1) is 11.4. The monoisotopic (exact) mass is 407 g/mol. The second kappa shape index (κ2) is 6.41. The lowest BCUT2D eigenvalue weighted by atomic mass is 9.96. The zero-order chi connectivity index (χ0) is 17.3. The van der Waals surface area contributed by atoms with Crippen molar-refractivity contribution < 1.29 is 18.3 Å². The van der Waals surface area contributed by atoms with Crippen LogP contribution < -0.4 is 0 Å². The molecule has 0 radical (unpaired) electrons. The van der Waals surface area contributed by atoms with Crippen LogP contribution in [0.5, 0.6) is 0 Å². The molecule has 1 unspecified atom stereocenters. The fourth-order valence-electron chi connectivity index (χ4n) is 2.70. The van der Waals surface area contributed by atoms with Crippen molar-refractivity contribution in [2.75, 3.05) is 0 Å². The van der Waals surface area contributed by atoms with Gasteiger partial charge in [-0.3, -0.25) is 9.10 Å². The Morgan fingerprint density at radius 2 is 1.79 bits per heavy atom. The molecular weight excluding hydrogens is 394 g/mol. The SMILES string of the molecule is O=C(O)CC1c2ccccc2C=CN1S(=O)(=O)c1ccc(Br)cc1. The summed E-state index contributed by atoms with van der Waals surface area (Å²) in [7, 11) is -3.85. The number of benzene rings is 2. The van der Waals surface area contributed by atoms with E-state index in [9.17, 15) is 18.3 Å². The predicted octanol–water partition coefficient (Wildman–Crippen LogP) is 3.64. The van der Waals surface area contributed by atoms with Crippen LogP contribution in [0.15, 0.2) is 64.1 Å². The van der Waals surface area contributed by atoms with Gasteiger partial charge in [0, 0.05) is 10.7 Å². The van der Waals surface area contributed by atoms with Gasteiger partial charge >= 0.3 is 5.97 Å². The van der Waals surface area contributed by atoms with Crippen LogP contribution in [0.3, 0.4) is 0 Å². The molecule has 24 heavy (non-hydrogen) atoms. The van der Waals surface area contributed by atoms with Gasteiger partial charge in [0.15, 0.2) is 0 Å². The molecule has 1 aliphatic rings. The summed E-state index contributed by atoms with van der Waals surface area (Å²) in [5, 5.41) is 9.23. The number of fused-ring (bicyclic) bond motifs is 1. The molecule has 7 heteroatoms. The smallest absolute Gasteiger partial charge is 0.305 e. The highest BCUT2D eigenvalue weighted by atomic mass is 79.9. The van der Waals surface area contributed by atoms with E-state index in [-0.39, 0.29) is 11.3 Å². The van der Waals surface area contributed by atoms with E-state index < -0.39 is 22.0 Å². The Hall–Kier alpha value is -2.12. The van der Waals surface area contributed by atoms with E-state index in [0.29, 0.717) is 5.56 Å². The Balaban J connectivity index is 2.08. The summed E-state index contributed by atoms with van der Waals surface area (Å²) in [5.41, 5.74) is 1.51. The van der Waals surface area contributed by atoms with Gasteiger partial charge in [0.25, 0.3) is 10.0 Å². The summed E-state index contributed by atoms with van der Waals surface area (Å²) in [4.78, 5) is 11.4. The number of nitrogens with zero attached hydrogens (tertiary/aromatic N) is 1. The number of carbonyl (C=O) groups is 1. The van der Waals surface area contributed by atoms with Crippen molar-refractivity contribution in [3.05, 3.63) is 70.3 Å². The average Bonchev–Trinajstić information content (AvgIpc) is 2.55. The summed E-state index contributed by atoms with van der Waals surface area (Å²) in [6, 6.07) is 12.7. The largest absolute Gasteiger partial charge is 0.481 e. The number of carboxylic acid groups (broad SMARTS) is 1. The van der Waals surface area contributed by atoms with Crippen LogP contribution in [-0.4, -0.2) is 23.8 Å². The van der Waals surface area contributed by atoms with Crippen molar-refractivity contribution in [2.45, 2.75) is 17.4 Å². The average molecular weight is 408 g/mol. The van der Waals surface area contributed by atoms with Crippen LogP contribution in [0, 0.1) is 0 Å². The summed E-state index contributed by atoms with van der Waals surface area (Å²) in [6.07, 6.45) is 2.81. The lowest BCUT2D eigenvalue weighted by molar-refractivity contribution is -0.137. The third-order valence-electron chi connectivity index (χ3n) is 3.82. The first-order valence-electron chi connectivity index (χ1n) is 7.17. The Morgan fingerprint density at radius 1 is 1.12 bits per heavy atom. The van der Waals surface area contributed by atoms with Crippen molar-refractivity contribution in [3.8, 4) is 0 Å². The maximum Gasteiger partial charge on any atom is 0.305 e. The van der Waals surface area contributed by atoms with E-state index in [1.54, 1.807) is 30.3 Å². The zero-order valence-corrected chi connectivity index (χ0v) is 14.9. The van der Waals surface area contributed by atoms with Crippen molar-refractivity contribution in [2.24, 2.45) is 0 Å². The molecule has 124 valence electrons. The molecule has 1 aliphatic heterocycles. The Morgan fingerprint density at radius 3 is 2.46 bits per heavy atom. The van der Waals surface area contributed by atoms with Gasteiger partial charge in [0.05, 0.1) is 17.4 Å². The molecule has 0 fully saturated rings. The quantitative estimate of drug-likeness (QED) is 0.839. The van der Waals surface area contributed by atoms with Gasteiger partial charge < -0.3 is 5.11 Å². The van der Waals surface area contributed by atoms with Crippen LogP contribution in [0.1, 0.15) is 23.6 Å². The van der Waals surface area contributed by atoms with Crippen LogP contribution >= 0.6 is 15.9 Å². The van der Waals surface area contributed by atoms with E-state index in [0.717, 1.165) is 14.3 Å². The molecule has 2 aromatic rings. The minimum atomic E-state index is -3.85. The summed E-state index contributed by atoms with van der Waals surface area (Å²) >= 11 is 3.27. The van der Waals surface area contributed by atoms with Crippen molar-refractivity contribution in [1.29, 1.82) is 0 Å². The molecule has 5 nitrogen and oxygen atoms in total. The lowest BCUT2D eigenvalue weighted by Gasteiger charge is -2.33. The number of rotatable bonds is 4. The first-order valence-corrected chi connectivity index (χ1v) is 9.41. The zero-order valence-electron chi connectivity index (χ0n) is 12.5. The molecule has 2 aromatic carbocycles. The molecule has 1 atom stereocenters. The molecule has 0 saturated heterocycles. The summed E-state index contributed by atoms with van der Waals surface area (Å²) < 4.78 is 27.8. The molecular formula is C17H14BrNO4S. The minimum absolute atomic E-state index is 0.116. The van der Waals surface area contributed by atoms with E-state index in [4.69, 9.17) is 0 Å². The molecule has 3 rings (SSSR count). The van der Waals surface area contributed by atoms with E-state index >= 15 is 0 Å². The highest BCUT2D eigenvalue weighted by Gasteiger charge is 2.34. The highest BCUT2D eigenvalue weighted by Crippen LogP contribution is 2.36. The van der Waals surface area contributed by atoms with E-state index in [2.05, 4.69) is 15.9 Å². The molecule has 0 bridgehead atoms. The molecule has 0 saturated carbocycles. The second-order valence-electron chi connectivity index (χ2n) is 5.35. The fraction of sp³-hybridized carbons (Fsp3) is 0.118. The maximum atomic E-state index is 13.0. The van der Waals surface area contributed by atoms with Crippen LogP contribution in [0.25, 0.3) is 6.08 Å². The van der Waals surface area contributed by atoms with Gasteiger partial charge in [0.1, 0.15) is 0 Å². The lowest BCUT2D eigenvalue weighted by Crippen LogP contribution is -2.33. The summed E-state index contributed by atoms with van der Waals surface area (Å²) in [5.74, 6) is -1.05. The van der Waals surface area contributed by atoms with E-state index in [1.807, 2.05) is 12.1 Å². The van der Waals surface area contributed by atoms with Crippen molar-refractivity contribution in [3.63, 3.8) is 0 Å².